The predicted molar refractivity (Wildman–Crippen MR) is 97.0 cm³/mol. The Labute approximate surface area is 140 Å². The lowest BCUT2D eigenvalue weighted by molar-refractivity contribution is -0.132. The van der Waals surface area contributed by atoms with E-state index in [0.717, 1.165) is 17.2 Å². The Morgan fingerprint density at radius 2 is 1.46 bits per heavy atom. The largest absolute Gasteiger partial charge is 0.318 e. The average molecular weight is 318 g/mol. The second kappa shape index (κ2) is 6.96. The molecule has 4 heteroatoms. The number of nitrogens with one attached hydrogen (secondary N) is 2. The van der Waals surface area contributed by atoms with Gasteiger partial charge in [-0.3, -0.25) is 9.59 Å². The Morgan fingerprint density at radius 1 is 0.792 bits per heavy atom. The van der Waals surface area contributed by atoms with Crippen molar-refractivity contribution in [3.8, 4) is 0 Å². The molecule has 2 amide bonds. The summed E-state index contributed by atoms with van der Waals surface area (Å²) in [5, 5.41) is 7.19. The van der Waals surface area contributed by atoms with Crippen LogP contribution in [0.25, 0.3) is 10.8 Å². The summed E-state index contributed by atoms with van der Waals surface area (Å²) in [6.45, 7) is 2.06. The van der Waals surface area contributed by atoms with E-state index in [4.69, 9.17) is 0 Å². The van der Waals surface area contributed by atoms with Gasteiger partial charge in [-0.1, -0.05) is 55.5 Å². The van der Waals surface area contributed by atoms with Gasteiger partial charge in [0, 0.05) is 16.8 Å². The summed E-state index contributed by atoms with van der Waals surface area (Å²) in [6.07, 6.45) is 0.926. The molecule has 0 fully saturated rings. The fraction of sp³-hybridized carbons (Fsp3) is 0.100. The molecular weight excluding hydrogens is 300 g/mol. The van der Waals surface area contributed by atoms with Gasteiger partial charge in [0.15, 0.2) is 0 Å². The molecule has 3 rings (SSSR count). The van der Waals surface area contributed by atoms with Gasteiger partial charge in [0.2, 0.25) is 0 Å². The highest BCUT2D eigenvalue weighted by molar-refractivity contribution is 6.44. The van der Waals surface area contributed by atoms with Crippen molar-refractivity contribution in [3.05, 3.63) is 72.3 Å². The van der Waals surface area contributed by atoms with E-state index in [1.807, 2.05) is 48.5 Å². The molecule has 3 aromatic carbocycles. The highest BCUT2D eigenvalue weighted by Crippen LogP contribution is 2.22. The Kier molecular flexibility index (Phi) is 4.57. The number of amides is 2. The number of rotatable bonds is 3. The molecule has 2 N–H and O–H groups in total. The van der Waals surface area contributed by atoms with Crippen LogP contribution < -0.4 is 10.6 Å². The molecule has 0 atom stereocenters. The van der Waals surface area contributed by atoms with Crippen LogP contribution in [0.3, 0.4) is 0 Å². The number of benzene rings is 3. The van der Waals surface area contributed by atoms with Crippen molar-refractivity contribution in [2.75, 3.05) is 10.6 Å². The van der Waals surface area contributed by atoms with Gasteiger partial charge in [-0.15, -0.1) is 0 Å². The SMILES string of the molecule is CCc1ccc(NC(=O)C(=O)Nc2cccc3ccccc23)cc1. The second-order valence-corrected chi connectivity index (χ2v) is 5.49. The molecule has 0 saturated carbocycles. The van der Waals surface area contributed by atoms with Gasteiger partial charge < -0.3 is 10.6 Å². The van der Waals surface area contributed by atoms with Gasteiger partial charge in [0.25, 0.3) is 0 Å². The van der Waals surface area contributed by atoms with Gasteiger partial charge in [0.1, 0.15) is 0 Å². The zero-order valence-corrected chi connectivity index (χ0v) is 13.4. The number of hydrogen-bond acceptors (Lipinski definition) is 2. The zero-order valence-electron chi connectivity index (χ0n) is 13.4. The number of carbonyl (C=O) groups excluding carboxylic acids is 2. The molecule has 0 heterocycles. The zero-order chi connectivity index (χ0) is 16.9. The van der Waals surface area contributed by atoms with Crippen LogP contribution in [0, 0.1) is 0 Å². The van der Waals surface area contributed by atoms with Crippen LogP contribution in [-0.4, -0.2) is 11.8 Å². The first-order valence-electron chi connectivity index (χ1n) is 7.86. The third-order valence-electron chi connectivity index (χ3n) is 3.86. The summed E-state index contributed by atoms with van der Waals surface area (Å²) >= 11 is 0. The van der Waals surface area contributed by atoms with Gasteiger partial charge in [-0.2, -0.15) is 0 Å². The van der Waals surface area contributed by atoms with E-state index >= 15 is 0 Å². The molecule has 120 valence electrons. The van der Waals surface area contributed by atoms with E-state index in [-0.39, 0.29) is 0 Å². The van der Waals surface area contributed by atoms with Gasteiger partial charge in [0.05, 0.1) is 0 Å². The average Bonchev–Trinajstić information content (AvgIpc) is 2.62. The van der Waals surface area contributed by atoms with Crippen LogP contribution in [0.4, 0.5) is 11.4 Å². The van der Waals surface area contributed by atoms with Crippen molar-refractivity contribution in [1.29, 1.82) is 0 Å². The Bertz CT molecular complexity index is 880. The van der Waals surface area contributed by atoms with E-state index in [1.54, 1.807) is 18.2 Å². The first-order chi connectivity index (χ1) is 11.7. The number of carbonyl (C=O) groups is 2. The van der Waals surface area contributed by atoms with Crippen molar-refractivity contribution >= 4 is 34.0 Å². The van der Waals surface area contributed by atoms with E-state index < -0.39 is 11.8 Å². The number of anilines is 2. The van der Waals surface area contributed by atoms with E-state index in [1.165, 1.54) is 5.56 Å². The molecule has 0 spiro atoms. The van der Waals surface area contributed by atoms with Crippen LogP contribution in [0.15, 0.2) is 66.7 Å². The summed E-state index contributed by atoms with van der Waals surface area (Å²) < 4.78 is 0. The maximum atomic E-state index is 12.2. The Balaban J connectivity index is 1.72. The molecule has 0 saturated heterocycles. The van der Waals surface area contributed by atoms with E-state index in [0.29, 0.717) is 11.4 Å². The lowest BCUT2D eigenvalue weighted by Gasteiger charge is -2.09. The van der Waals surface area contributed by atoms with Crippen LogP contribution in [-0.2, 0) is 16.0 Å². The molecule has 0 bridgehead atoms. The second-order valence-electron chi connectivity index (χ2n) is 5.49. The normalized spacial score (nSPS) is 10.4. The molecule has 0 aliphatic heterocycles. The molecular formula is C20H18N2O2. The van der Waals surface area contributed by atoms with Crippen molar-refractivity contribution in [2.24, 2.45) is 0 Å². The summed E-state index contributed by atoms with van der Waals surface area (Å²) in [5.74, 6) is -1.38. The van der Waals surface area contributed by atoms with Crippen molar-refractivity contribution < 1.29 is 9.59 Å². The summed E-state index contributed by atoms with van der Waals surface area (Å²) in [7, 11) is 0. The molecule has 0 aliphatic carbocycles. The third kappa shape index (κ3) is 3.43. The number of fused-ring (bicyclic) bond motifs is 1. The highest BCUT2D eigenvalue weighted by Gasteiger charge is 2.15. The quantitative estimate of drug-likeness (QED) is 0.718. The molecule has 0 radical (unpaired) electrons. The molecule has 0 unspecified atom stereocenters. The molecule has 4 nitrogen and oxygen atoms in total. The molecule has 24 heavy (non-hydrogen) atoms. The van der Waals surface area contributed by atoms with Crippen molar-refractivity contribution in [1.82, 2.24) is 0 Å². The van der Waals surface area contributed by atoms with E-state index in [9.17, 15) is 9.59 Å². The minimum Gasteiger partial charge on any atom is -0.318 e. The molecule has 3 aromatic rings. The van der Waals surface area contributed by atoms with Crippen LogP contribution in [0.1, 0.15) is 12.5 Å². The first-order valence-corrected chi connectivity index (χ1v) is 7.86. The van der Waals surface area contributed by atoms with Gasteiger partial charge >= 0.3 is 11.8 Å². The standard InChI is InChI=1S/C20H18N2O2/c1-2-14-10-12-16(13-11-14)21-19(23)20(24)22-18-9-5-7-15-6-3-4-8-17(15)18/h3-13H,2H2,1H3,(H,21,23)(H,22,24). The van der Waals surface area contributed by atoms with Crippen molar-refractivity contribution in [3.63, 3.8) is 0 Å². The first kappa shape index (κ1) is 15.7. The van der Waals surface area contributed by atoms with Crippen LogP contribution >= 0.6 is 0 Å². The fourth-order valence-electron chi connectivity index (χ4n) is 2.53. The highest BCUT2D eigenvalue weighted by atomic mass is 16.2. The summed E-state index contributed by atoms with van der Waals surface area (Å²) in [6, 6.07) is 20.7. The molecule has 0 aliphatic rings. The minimum absolute atomic E-state index is 0.602. The maximum Gasteiger partial charge on any atom is 0.314 e. The molecule has 0 aromatic heterocycles. The fourth-order valence-corrected chi connectivity index (χ4v) is 2.53. The Hall–Kier alpha value is -3.14. The third-order valence-corrected chi connectivity index (χ3v) is 3.86. The Morgan fingerprint density at radius 3 is 2.21 bits per heavy atom. The van der Waals surface area contributed by atoms with Gasteiger partial charge in [-0.05, 0) is 35.6 Å². The monoisotopic (exact) mass is 318 g/mol. The smallest absolute Gasteiger partial charge is 0.314 e. The van der Waals surface area contributed by atoms with Crippen LogP contribution in [0.5, 0.6) is 0 Å². The van der Waals surface area contributed by atoms with Crippen molar-refractivity contribution in [2.45, 2.75) is 13.3 Å². The summed E-state index contributed by atoms with van der Waals surface area (Å²) in [5.41, 5.74) is 2.40. The predicted octanol–water partition coefficient (Wildman–Crippen LogP) is 3.98. The number of aryl methyl sites for hydroxylation is 1. The lowest BCUT2D eigenvalue weighted by Crippen LogP contribution is -2.29. The number of hydrogen-bond donors (Lipinski definition) is 2. The lowest BCUT2D eigenvalue weighted by atomic mass is 10.1. The topological polar surface area (TPSA) is 58.2 Å². The van der Waals surface area contributed by atoms with Gasteiger partial charge in [-0.25, -0.2) is 0 Å². The minimum atomic E-state index is -0.689. The van der Waals surface area contributed by atoms with E-state index in [2.05, 4.69) is 17.6 Å². The van der Waals surface area contributed by atoms with Crippen LogP contribution in [0.2, 0.25) is 0 Å². The maximum absolute atomic E-state index is 12.2. The summed E-state index contributed by atoms with van der Waals surface area (Å²) in [4.78, 5) is 24.2.